The summed E-state index contributed by atoms with van der Waals surface area (Å²) in [4.78, 5) is 35.9. The smallest absolute Gasteiger partial charge is 0.355 e. The molecule has 0 fully saturated rings. The first kappa shape index (κ1) is 19.4. The van der Waals surface area contributed by atoms with Gasteiger partial charge in [0, 0.05) is 18.2 Å². The number of amides is 2. The number of aliphatic carboxylic acids is 1. The third kappa shape index (κ3) is 5.05. The van der Waals surface area contributed by atoms with Crippen LogP contribution in [-0.4, -0.2) is 46.9 Å². The number of amidine groups is 1. The van der Waals surface area contributed by atoms with Crippen LogP contribution >= 0.6 is 0 Å². The zero-order valence-corrected chi connectivity index (χ0v) is 14.4. The number of nitrogen functional groups attached to an aromatic ring is 1. The van der Waals surface area contributed by atoms with Gasteiger partial charge in [-0.05, 0) is 24.3 Å². The number of rotatable bonds is 6. The summed E-state index contributed by atoms with van der Waals surface area (Å²) in [7, 11) is 1.28. The van der Waals surface area contributed by atoms with Gasteiger partial charge in [0.15, 0.2) is 0 Å². The first-order valence-electron chi connectivity index (χ1n) is 7.77. The first-order chi connectivity index (χ1) is 12.8. The fourth-order valence-electron chi connectivity index (χ4n) is 2.11. The monoisotopic (exact) mass is 370 g/mol. The largest absolute Gasteiger partial charge is 0.478 e. The van der Waals surface area contributed by atoms with Crippen molar-refractivity contribution in [3.05, 3.63) is 65.7 Å². The van der Waals surface area contributed by atoms with E-state index in [-0.39, 0.29) is 17.1 Å². The molecular formula is C18H18N4O5. The van der Waals surface area contributed by atoms with E-state index in [0.29, 0.717) is 5.56 Å². The Morgan fingerprint density at radius 1 is 1.07 bits per heavy atom. The van der Waals surface area contributed by atoms with Crippen LogP contribution in [0.1, 0.15) is 15.9 Å². The van der Waals surface area contributed by atoms with Crippen LogP contribution in [0.4, 0.5) is 0 Å². The van der Waals surface area contributed by atoms with Crippen LogP contribution in [0, 0.1) is 5.41 Å². The molecule has 0 spiro atoms. The van der Waals surface area contributed by atoms with Crippen molar-refractivity contribution in [1.82, 2.24) is 10.4 Å². The van der Waals surface area contributed by atoms with E-state index in [1.165, 1.54) is 43.4 Å². The molecule has 0 aliphatic carbocycles. The maximum Gasteiger partial charge on any atom is 0.355 e. The van der Waals surface area contributed by atoms with Gasteiger partial charge in [-0.2, -0.15) is 0 Å². The summed E-state index contributed by atoms with van der Waals surface area (Å²) >= 11 is 0. The molecule has 27 heavy (non-hydrogen) atoms. The van der Waals surface area contributed by atoms with Crippen LogP contribution in [0.25, 0.3) is 0 Å². The number of hydrazine groups is 1. The molecule has 0 radical (unpaired) electrons. The number of carbonyl (C=O) groups is 3. The Balaban J connectivity index is 2.06. The van der Waals surface area contributed by atoms with E-state index >= 15 is 0 Å². The van der Waals surface area contributed by atoms with Gasteiger partial charge < -0.3 is 15.6 Å². The van der Waals surface area contributed by atoms with Crippen LogP contribution < -0.4 is 15.9 Å². The number of hydrogen-bond donors (Lipinski definition) is 4. The molecule has 9 nitrogen and oxygen atoms in total. The van der Waals surface area contributed by atoms with Crippen molar-refractivity contribution in [3.63, 3.8) is 0 Å². The second kappa shape index (κ2) is 8.48. The molecule has 1 unspecified atom stereocenters. The molecule has 0 saturated carbocycles. The molecule has 2 amide bonds. The van der Waals surface area contributed by atoms with Crippen molar-refractivity contribution >= 4 is 23.6 Å². The van der Waals surface area contributed by atoms with Crippen LogP contribution in [0.2, 0.25) is 0 Å². The maximum absolute atomic E-state index is 12.4. The van der Waals surface area contributed by atoms with Gasteiger partial charge in [0.25, 0.3) is 17.9 Å². The average Bonchev–Trinajstić information content (AvgIpc) is 2.66. The summed E-state index contributed by atoms with van der Waals surface area (Å²) in [6.07, 6.45) is -1.83. The van der Waals surface area contributed by atoms with Crippen LogP contribution in [0.15, 0.2) is 54.6 Å². The molecule has 2 aromatic rings. The standard InChI is InChI=1S/C18H18N4O5/c1-22(17(24)12-9-7-11(8-10-12)15(19)20)21-16(23)14(18(25)26)27-13-5-3-2-4-6-13/h2-10,14H,1H3,(H3,19,20)(H,21,23)(H,25,26). The molecule has 2 aromatic carbocycles. The van der Waals surface area contributed by atoms with E-state index in [1.807, 2.05) is 0 Å². The second-order valence-corrected chi connectivity index (χ2v) is 5.48. The molecule has 2 rings (SSSR count). The Morgan fingerprint density at radius 2 is 1.63 bits per heavy atom. The number of ether oxygens (including phenoxy) is 1. The number of nitrogens with one attached hydrogen (secondary N) is 2. The molecule has 0 saturated heterocycles. The molecule has 0 bridgehead atoms. The summed E-state index contributed by atoms with van der Waals surface area (Å²) in [6.45, 7) is 0. The number of carboxylic acid groups (broad SMARTS) is 1. The number of carbonyl (C=O) groups excluding carboxylic acids is 2. The Morgan fingerprint density at radius 3 is 2.15 bits per heavy atom. The molecule has 9 heteroatoms. The summed E-state index contributed by atoms with van der Waals surface area (Å²) in [5.41, 5.74) is 8.21. The van der Waals surface area contributed by atoms with Crippen molar-refractivity contribution in [2.24, 2.45) is 5.73 Å². The Bertz CT molecular complexity index is 852. The van der Waals surface area contributed by atoms with E-state index in [2.05, 4.69) is 5.43 Å². The normalized spacial score (nSPS) is 11.1. The van der Waals surface area contributed by atoms with Crippen LogP contribution in [0.5, 0.6) is 5.75 Å². The highest BCUT2D eigenvalue weighted by Gasteiger charge is 2.30. The third-order valence-corrected chi connectivity index (χ3v) is 3.48. The molecule has 1 atom stereocenters. The Hall–Kier alpha value is -3.88. The SMILES string of the molecule is CN(NC(=O)C(Oc1ccccc1)C(=O)O)C(=O)c1ccc(C(=N)N)cc1. The lowest BCUT2D eigenvalue weighted by atomic mass is 10.1. The molecule has 0 aliphatic rings. The van der Waals surface area contributed by atoms with Crippen molar-refractivity contribution < 1.29 is 24.2 Å². The number of para-hydroxylation sites is 1. The highest BCUT2D eigenvalue weighted by molar-refractivity contribution is 6.02. The quantitative estimate of drug-likeness (QED) is 0.254. The average molecular weight is 370 g/mol. The van der Waals surface area contributed by atoms with E-state index in [4.69, 9.17) is 15.9 Å². The van der Waals surface area contributed by atoms with E-state index in [9.17, 15) is 19.5 Å². The van der Waals surface area contributed by atoms with Gasteiger partial charge in [0.1, 0.15) is 11.6 Å². The number of nitrogens with two attached hydrogens (primary N) is 1. The first-order valence-corrected chi connectivity index (χ1v) is 7.77. The number of carboxylic acids is 1. The number of nitrogens with zero attached hydrogens (tertiary/aromatic N) is 1. The van der Waals surface area contributed by atoms with Gasteiger partial charge in [-0.25, -0.2) is 4.79 Å². The number of benzene rings is 2. The highest BCUT2D eigenvalue weighted by Crippen LogP contribution is 2.12. The van der Waals surface area contributed by atoms with Gasteiger partial charge in [-0.15, -0.1) is 0 Å². The summed E-state index contributed by atoms with van der Waals surface area (Å²) in [5, 5.41) is 17.4. The van der Waals surface area contributed by atoms with Gasteiger partial charge in [0.2, 0.25) is 0 Å². The molecule has 140 valence electrons. The van der Waals surface area contributed by atoms with Gasteiger partial charge in [-0.1, -0.05) is 30.3 Å². The minimum Gasteiger partial charge on any atom is -0.478 e. The van der Waals surface area contributed by atoms with Crippen LogP contribution in [-0.2, 0) is 9.59 Å². The van der Waals surface area contributed by atoms with Crippen molar-refractivity contribution in [1.29, 1.82) is 5.41 Å². The van der Waals surface area contributed by atoms with Gasteiger partial charge in [0.05, 0.1) is 0 Å². The lowest BCUT2D eigenvalue weighted by molar-refractivity contribution is -0.152. The molecule has 0 heterocycles. The zero-order chi connectivity index (χ0) is 20.0. The predicted octanol–water partition coefficient (Wildman–Crippen LogP) is 0.606. The van der Waals surface area contributed by atoms with Gasteiger partial charge in [-0.3, -0.25) is 25.4 Å². The summed E-state index contributed by atoms with van der Waals surface area (Å²) in [6, 6.07) is 13.9. The minimum absolute atomic E-state index is 0.141. The summed E-state index contributed by atoms with van der Waals surface area (Å²) in [5.74, 6) is -3.03. The van der Waals surface area contributed by atoms with Crippen molar-refractivity contribution in [2.75, 3.05) is 7.05 Å². The Labute approximate surface area is 154 Å². The number of hydrogen-bond acceptors (Lipinski definition) is 5. The lowest BCUT2D eigenvalue weighted by Crippen LogP contribution is -2.51. The fourth-order valence-corrected chi connectivity index (χ4v) is 2.11. The Kier molecular flexibility index (Phi) is 6.10. The van der Waals surface area contributed by atoms with Gasteiger partial charge >= 0.3 is 5.97 Å². The third-order valence-electron chi connectivity index (χ3n) is 3.48. The second-order valence-electron chi connectivity index (χ2n) is 5.48. The van der Waals surface area contributed by atoms with E-state index in [1.54, 1.807) is 18.2 Å². The molecule has 0 aliphatic heterocycles. The van der Waals surface area contributed by atoms with E-state index < -0.39 is 23.9 Å². The zero-order valence-electron chi connectivity index (χ0n) is 14.4. The predicted molar refractivity (Wildman–Crippen MR) is 96.2 cm³/mol. The molecule has 5 N–H and O–H groups in total. The van der Waals surface area contributed by atoms with E-state index in [0.717, 1.165) is 5.01 Å². The lowest BCUT2D eigenvalue weighted by Gasteiger charge is -2.21. The molecular weight excluding hydrogens is 352 g/mol. The minimum atomic E-state index is -1.83. The van der Waals surface area contributed by atoms with Crippen molar-refractivity contribution in [2.45, 2.75) is 6.10 Å². The topological polar surface area (TPSA) is 146 Å². The molecule has 0 aromatic heterocycles. The fraction of sp³-hybridized carbons (Fsp3) is 0.111. The van der Waals surface area contributed by atoms with Crippen molar-refractivity contribution in [3.8, 4) is 5.75 Å². The summed E-state index contributed by atoms with van der Waals surface area (Å²) < 4.78 is 5.18. The maximum atomic E-state index is 12.4. The highest BCUT2D eigenvalue weighted by atomic mass is 16.5. The van der Waals surface area contributed by atoms with Crippen LogP contribution in [0.3, 0.4) is 0 Å².